The maximum absolute atomic E-state index is 14.9. The first-order chi connectivity index (χ1) is 17.7. The largest absolute Gasteiger partial charge is 0.492 e. The molecule has 5 rings (SSSR count). The van der Waals surface area contributed by atoms with E-state index in [2.05, 4.69) is 0 Å². The summed E-state index contributed by atoms with van der Waals surface area (Å²) < 4.78 is 38.4. The number of carbonyl (C=O) groups is 1. The molecular weight excluding hydrogens is 479 g/mol. The molecule has 0 unspecified atom stereocenters. The summed E-state index contributed by atoms with van der Waals surface area (Å²) in [6.07, 6.45) is 0.719. The summed E-state index contributed by atoms with van der Waals surface area (Å²) in [6, 6.07) is 15.4. The number of carboxylic acid groups (broad SMARTS) is 1. The maximum Gasteiger partial charge on any atom is 0.304 e. The Morgan fingerprint density at radius 3 is 2.54 bits per heavy atom. The van der Waals surface area contributed by atoms with Gasteiger partial charge in [0, 0.05) is 28.7 Å². The Bertz CT molecular complexity index is 1300. The van der Waals surface area contributed by atoms with Gasteiger partial charge in [-0.15, -0.1) is 0 Å². The molecule has 1 heterocycles. The Balaban J connectivity index is 1.29. The molecule has 1 aliphatic carbocycles. The predicted octanol–water partition coefficient (Wildman–Crippen LogP) is 5.78. The van der Waals surface area contributed by atoms with Gasteiger partial charge in [0.05, 0.1) is 18.6 Å². The number of ether oxygens (including phenoxy) is 4. The highest BCUT2D eigenvalue weighted by molar-refractivity contribution is 5.68. The van der Waals surface area contributed by atoms with Crippen molar-refractivity contribution in [1.29, 1.82) is 0 Å². The van der Waals surface area contributed by atoms with Gasteiger partial charge in [0.1, 0.15) is 47.3 Å². The Morgan fingerprint density at radius 2 is 1.81 bits per heavy atom. The van der Waals surface area contributed by atoms with Gasteiger partial charge in [-0.1, -0.05) is 6.07 Å². The number of aliphatic hydroxyl groups is 1. The van der Waals surface area contributed by atoms with E-state index in [1.807, 2.05) is 6.07 Å². The minimum atomic E-state index is -0.932. The highest BCUT2D eigenvalue weighted by Crippen LogP contribution is 2.44. The SMILES string of the molecule is CC(C)(O)COc1ccc(Oc2ccc(F)c3c2CC[C@H]3Oc2ccc3c(c2)OC[C@H]3CC(=O)O)cc1. The molecule has 2 atom stereocenters. The van der Waals surface area contributed by atoms with E-state index in [1.165, 1.54) is 6.07 Å². The Kier molecular flexibility index (Phi) is 6.69. The Hall–Kier alpha value is -3.78. The van der Waals surface area contributed by atoms with Crippen LogP contribution < -0.4 is 18.9 Å². The van der Waals surface area contributed by atoms with Gasteiger partial charge in [-0.3, -0.25) is 4.79 Å². The number of benzene rings is 3. The molecular formula is C29H29FO7. The second-order valence-electron chi connectivity index (χ2n) is 10.1. The normalized spacial score (nSPS) is 18.1. The lowest BCUT2D eigenvalue weighted by Crippen LogP contribution is -2.27. The monoisotopic (exact) mass is 508 g/mol. The minimum absolute atomic E-state index is 0.00772. The van der Waals surface area contributed by atoms with Crippen LogP contribution in [0.15, 0.2) is 54.6 Å². The number of fused-ring (bicyclic) bond motifs is 2. The van der Waals surface area contributed by atoms with Crippen molar-refractivity contribution >= 4 is 5.97 Å². The topological polar surface area (TPSA) is 94.5 Å². The van der Waals surface area contributed by atoms with E-state index in [0.29, 0.717) is 53.8 Å². The van der Waals surface area contributed by atoms with Crippen LogP contribution in [0.5, 0.6) is 28.7 Å². The van der Waals surface area contributed by atoms with Gasteiger partial charge in [0.2, 0.25) is 0 Å². The van der Waals surface area contributed by atoms with Gasteiger partial charge in [-0.05, 0) is 69.2 Å². The van der Waals surface area contributed by atoms with Crippen molar-refractivity contribution in [1.82, 2.24) is 0 Å². The van der Waals surface area contributed by atoms with Crippen molar-refractivity contribution in [3.63, 3.8) is 0 Å². The summed E-state index contributed by atoms with van der Waals surface area (Å²) in [4.78, 5) is 11.1. The van der Waals surface area contributed by atoms with Crippen molar-refractivity contribution in [3.8, 4) is 28.7 Å². The van der Waals surface area contributed by atoms with Crippen molar-refractivity contribution in [3.05, 3.63) is 77.1 Å². The molecule has 2 aliphatic rings. The molecule has 194 valence electrons. The molecule has 3 aromatic rings. The number of rotatable bonds is 9. The number of hydrogen-bond acceptors (Lipinski definition) is 6. The van der Waals surface area contributed by atoms with Crippen LogP contribution >= 0.6 is 0 Å². The highest BCUT2D eigenvalue weighted by atomic mass is 19.1. The molecule has 0 saturated carbocycles. The quantitative estimate of drug-likeness (QED) is 0.378. The van der Waals surface area contributed by atoms with Crippen LogP contribution in [0.4, 0.5) is 4.39 Å². The first kappa shape index (κ1) is 24.9. The molecule has 1 aliphatic heterocycles. The Labute approximate surface area is 214 Å². The zero-order valence-corrected chi connectivity index (χ0v) is 20.7. The van der Waals surface area contributed by atoms with Gasteiger partial charge < -0.3 is 29.2 Å². The van der Waals surface area contributed by atoms with E-state index in [-0.39, 0.29) is 24.8 Å². The summed E-state index contributed by atoms with van der Waals surface area (Å²) in [5.41, 5.74) is 1.16. The predicted molar refractivity (Wildman–Crippen MR) is 133 cm³/mol. The molecule has 37 heavy (non-hydrogen) atoms. The van der Waals surface area contributed by atoms with Crippen molar-refractivity contribution in [2.75, 3.05) is 13.2 Å². The number of carboxylic acids is 1. The van der Waals surface area contributed by atoms with Crippen LogP contribution in [0.2, 0.25) is 0 Å². The second-order valence-corrected chi connectivity index (χ2v) is 10.1. The molecule has 8 heteroatoms. The third-order valence-corrected chi connectivity index (χ3v) is 6.45. The lowest BCUT2D eigenvalue weighted by molar-refractivity contribution is -0.137. The molecule has 0 bridgehead atoms. The summed E-state index contributed by atoms with van der Waals surface area (Å²) in [5.74, 6) is 1.51. The van der Waals surface area contributed by atoms with Crippen LogP contribution in [-0.2, 0) is 11.2 Å². The van der Waals surface area contributed by atoms with Crippen LogP contribution in [-0.4, -0.2) is 35.0 Å². The maximum atomic E-state index is 14.9. The van der Waals surface area contributed by atoms with E-state index in [1.54, 1.807) is 56.3 Å². The third-order valence-electron chi connectivity index (χ3n) is 6.45. The van der Waals surface area contributed by atoms with E-state index < -0.39 is 17.7 Å². The third kappa shape index (κ3) is 5.64. The van der Waals surface area contributed by atoms with Crippen molar-refractivity contribution < 1.29 is 38.3 Å². The van der Waals surface area contributed by atoms with E-state index in [0.717, 1.165) is 11.1 Å². The number of halogens is 1. The van der Waals surface area contributed by atoms with Gasteiger partial charge in [-0.2, -0.15) is 0 Å². The Morgan fingerprint density at radius 1 is 1.08 bits per heavy atom. The average Bonchev–Trinajstić information content (AvgIpc) is 3.44. The average molecular weight is 509 g/mol. The van der Waals surface area contributed by atoms with Crippen molar-refractivity contribution in [2.45, 2.75) is 50.7 Å². The minimum Gasteiger partial charge on any atom is -0.492 e. The first-order valence-corrected chi connectivity index (χ1v) is 12.3. The molecule has 0 spiro atoms. The van der Waals surface area contributed by atoms with Crippen LogP contribution in [0.1, 0.15) is 55.4 Å². The molecule has 0 amide bonds. The molecule has 0 saturated heterocycles. The summed E-state index contributed by atoms with van der Waals surface area (Å²) >= 11 is 0. The van der Waals surface area contributed by atoms with Gasteiger partial charge in [0.15, 0.2) is 0 Å². The van der Waals surface area contributed by atoms with Gasteiger partial charge >= 0.3 is 5.97 Å². The fourth-order valence-electron chi connectivity index (χ4n) is 4.72. The number of aliphatic carboxylic acids is 1. The van der Waals surface area contributed by atoms with Crippen molar-refractivity contribution in [2.24, 2.45) is 0 Å². The first-order valence-electron chi connectivity index (χ1n) is 12.3. The van der Waals surface area contributed by atoms with Crippen LogP contribution in [0.25, 0.3) is 0 Å². The lowest BCUT2D eigenvalue weighted by atomic mass is 9.98. The smallest absolute Gasteiger partial charge is 0.304 e. The fourth-order valence-corrected chi connectivity index (χ4v) is 4.72. The molecule has 0 fully saturated rings. The molecule has 0 aromatic heterocycles. The number of hydrogen-bond donors (Lipinski definition) is 2. The molecule has 2 N–H and O–H groups in total. The molecule has 3 aromatic carbocycles. The summed E-state index contributed by atoms with van der Waals surface area (Å²) in [6.45, 7) is 3.83. The van der Waals surface area contributed by atoms with E-state index in [9.17, 15) is 14.3 Å². The van der Waals surface area contributed by atoms with Gasteiger partial charge in [0.25, 0.3) is 0 Å². The summed E-state index contributed by atoms with van der Waals surface area (Å²) in [7, 11) is 0. The summed E-state index contributed by atoms with van der Waals surface area (Å²) in [5, 5.41) is 18.9. The molecule has 7 nitrogen and oxygen atoms in total. The second kappa shape index (κ2) is 9.94. The standard InChI is InChI=1S/C29H29FO7/c1-29(2,33)16-35-18-3-5-19(6-4-18)36-24-12-10-23(30)28-22(24)9-11-25(28)37-20-7-8-21-17(13-27(31)32)15-34-26(21)14-20/h3-8,10,12,14,17,25,33H,9,11,13,15-16H2,1-2H3,(H,31,32)/t17-,25-/m1/s1. The zero-order valence-electron chi connectivity index (χ0n) is 20.7. The zero-order chi connectivity index (χ0) is 26.2. The van der Waals surface area contributed by atoms with Gasteiger partial charge in [-0.25, -0.2) is 4.39 Å². The molecule has 0 radical (unpaired) electrons. The van der Waals surface area contributed by atoms with E-state index >= 15 is 0 Å². The van der Waals surface area contributed by atoms with Crippen LogP contribution in [0.3, 0.4) is 0 Å². The lowest BCUT2D eigenvalue weighted by Gasteiger charge is -2.18. The fraction of sp³-hybridized carbons (Fsp3) is 0.345. The van der Waals surface area contributed by atoms with E-state index in [4.69, 9.17) is 24.1 Å². The van der Waals surface area contributed by atoms with Crippen LogP contribution in [0, 0.1) is 5.82 Å². The highest BCUT2D eigenvalue weighted by Gasteiger charge is 2.32.